The molecule has 0 aromatic heterocycles. The number of halogens is 4. The topological polar surface area (TPSA) is 0 Å². The van der Waals surface area contributed by atoms with E-state index in [9.17, 15) is 4.39 Å². The minimum atomic E-state index is -0.452. The van der Waals surface area contributed by atoms with Gasteiger partial charge in [0.2, 0.25) is 0 Å². The van der Waals surface area contributed by atoms with Crippen LogP contribution in [-0.4, -0.2) is 0 Å². The van der Waals surface area contributed by atoms with Crippen molar-refractivity contribution in [2.75, 3.05) is 0 Å². The van der Waals surface area contributed by atoms with E-state index in [1.165, 1.54) is 12.1 Å². The quantitative estimate of drug-likeness (QED) is 0.630. The Balaban J connectivity index is 2.33. The second kappa shape index (κ2) is 5.38. The van der Waals surface area contributed by atoms with E-state index in [1.807, 2.05) is 24.3 Å². The summed E-state index contributed by atoms with van der Waals surface area (Å²) in [4.78, 5) is 0. The van der Waals surface area contributed by atoms with Crippen LogP contribution in [0, 0.1) is 5.82 Å². The Bertz CT molecular complexity index is 525. The van der Waals surface area contributed by atoms with Gasteiger partial charge in [0, 0.05) is 4.47 Å². The molecule has 0 N–H and O–H groups in total. The molecular weight excluding hydrogens is 326 g/mol. The Hall–Kier alpha value is -0.570. The van der Waals surface area contributed by atoms with Crippen molar-refractivity contribution in [1.29, 1.82) is 0 Å². The third-order valence-corrected chi connectivity index (χ3v) is 3.74. The van der Waals surface area contributed by atoms with Crippen molar-refractivity contribution in [3.8, 4) is 0 Å². The lowest BCUT2D eigenvalue weighted by Crippen LogP contribution is -1.94. The van der Waals surface area contributed by atoms with Gasteiger partial charge in [0.1, 0.15) is 5.82 Å². The van der Waals surface area contributed by atoms with Gasteiger partial charge in [-0.15, -0.1) is 11.6 Å². The molecule has 0 spiro atoms. The molecule has 2 aromatic carbocycles. The van der Waals surface area contributed by atoms with Gasteiger partial charge in [-0.3, -0.25) is 0 Å². The third-order valence-electron chi connectivity index (χ3n) is 2.40. The number of benzene rings is 2. The monoisotopic (exact) mass is 332 g/mol. The highest BCUT2D eigenvalue weighted by Crippen LogP contribution is 2.31. The highest BCUT2D eigenvalue weighted by molar-refractivity contribution is 9.10. The Morgan fingerprint density at radius 2 is 1.59 bits per heavy atom. The molecule has 0 aliphatic heterocycles. The largest absolute Gasteiger partial charge is 0.205 e. The fraction of sp³-hybridized carbons (Fsp3) is 0.0769. The second-order valence-corrected chi connectivity index (χ2v) is 5.35. The summed E-state index contributed by atoms with van der Waals surface area (Å²) in [6.07, 6.45) is 0. The predicted molar refractivity (Wildman–Crippen MR) is 73.2 cm³/mol. The normalized spacial score (nSPS) is 12.5. The first kappa shape index (κ1) is 12.9. The predicted octanol–water partition coefficient (Wildman–Crippen LogP) is 5.57. The van der Waals surface area contributed by atoms with Gasteiger partial charge >= 0.3 is 0 Å². The molecule has 0 bridgehead atoms. The van der Waals surface area contributed by atoms with E-state index in [-0.39, 0.29) is 10.4 Å². The molecule has 2 rings (SSSR count). The van der Waals surface area contributed by atoms with E-state index >= 15 is 0 Å². The van der Waals surface area contributed by atoms with Crippen LogP contribution in [0.25, 0.3) is 0 Å². The molecule has 0 amide bonds. The zero-order valence-electron chi connectivity index (χ0n) is 8.63. The molecule has 0 saturated carbocycles. The summed E-state index contributed by atoms with van der Waals surface area (Å²) in [5, 5.41) is -0.275. The lowest BCUT2D eigenvalue weighted by Gasteiger charge is -2.11. The Labute approximate surface area is 117 Å². The average Bonchev–Trinajstić information content (AvgIpc) is 2.33. The first-order valence-corrected chi connectivity index (χ1v) is 6.53. The van der Waals surface area contributed by atoms with Crippen LogP contribution in [0.2, 0.25) is 5.02 Å². The highest BCUT2D eigenvalue weighted by atomic mass is 79.9. The van der Waals surface area contributed by atoms with Crippen LogP contribution in [0.15, 0.2) is 46.9 Å². The molecule has 4 heteroatoms. The Morgan fingerprint density at radius 3 is 2.18 bits per heavy atom. The van der Waals surface area contributed by atoms with Crippen molar-refractivity contribution in [2.45, 2.75) is 5.38 Å². The van der Waals surface area contributed by atoms with Gasteiger partial charge in [-0.25, -0.2) is 4.39 Å². The maximum absolute atomic E-state index is 13.3. The highest BCUT2D eigenvalue weighted by Gasteiger charge is 2.12. The molecule has 0 nitrogen and oxygen atoms in total. The minimum absolute atomic E-state index is 0.105. The molecule has 0 saturated heterocycles. The van der Waals surface area contributed by atoms with Gasteiger partial charge in [-0.05, 0) is 35.4 Å². The Morgan fingerprint density at radius 1 is 1.00 bits per heavy atom. The summed E-state index contributed by atoms with van der Waals surface area (Å²) in [5.41, 5.74) is 1.60. The molecule has 1 atom stereocenters. The Kier molecular flexibility index (Phi) is 4.08. The van der Waals surface area contributed by atoms with Gasteiger partial charge < -0.3 is 0 Å². The first-order valence-electron chi connectivity index (χ1n) is 4.92. The van der Waals surface area contributed by atoms with Crippen molar-refractivity contribution in [3.05, 3.63) is 68.9 Å². The second-order valence-electron chi connectivity index (χ2n) is 3.59. The molecule has 0 aliphatic carbocycles. The van der Waals surface area contributed by atoms with Crippen LogP contribution in [-0.2, 0) is 0 Å². The van der Waals surface area contributed by atoms with Crippen LogP contribution in [0.3, 0.4) is 0 Å². The molecule has 88 valence electrons. The van der Waals surface area contributed by atoms with E-state index in [2.05, 4.69) is 15.9 Å². The summed E-state index contributed by atoms with van der Waals surface area (Å²) in [7, 11) is 0. The van der Waals surface area contributed by atoms with Crippen LogP contribution < -0.4 is 0 Å². The van der Waals surface area contributed by atoms with Crippen LogP contribution in [0.1, 0.15) is 16.5 Å². The molecule has 17 heavy (non-hydrogen) atoms. The fourth-order valence-corrected chi connectivity index (χ4v) is 2.16. The van der Waals surface area contributed by atoms with Gasteiger partial charge in [-0.2, -0.15) is 0 Å². The van der Waals surface area contributed by atoms with E-state index in [0.29, 0.717) is 5.56 Å². The van der Waals surface area contributed by atoms with Crippen molar-refractivity contribution in [3.63, 3.8) is 0 Å². The van der Waals surface area contributed by atoms with Crippen molar-refractivity contribution in [1.82, 2.24) is 0 Å². The molecule has 0 fully saturated rings. The molecular formula is C13H8BrCl2F. The van der Waals surface area contributed by atoms with Crippen LogP contribution in [0.4, 0.5) is 4.39 Å². The number of alkyl halides is 1. The molecule has 0 aliphatic rings. The van der Waals surface area contributed by atoms with Crippen LogP contribution >= 0.6 is 39.1 Å². The molecule has 1 unspecified atom stereocenters. The van der Waals surface area contributed by atoms with Crippen molar-refractivity contribution in [2.24, 2.45) is 0 Å². The standard InChI is InChI=1S/C13H8BrCl2F/c14-10-4-1-8(2-5-10)13(16)9-3-6-11(15)12(17)7-9/h1-7,13H. The summed E-state index contributed by atoms with van der Waals surface area (Å²) in [5.74, 6) is -0.452. The van der Waals surface area contributed by atoms with Gasteiger partial charge in [0.15, 0.2) is 0 Å². The summed E-state index contributed by atoms with van der Waals surface area (Å²) in [6, 6.07) is 12.2. The molecule has 2 aromatic rings. The van der Waals surface area contributed by atoms with Gasteiger partial charge in [0.05, 0.1) is 10.4 Å². The number of hydrogen-bond acceptors (Lipinski definition) is 0. The van der Waals surface area contributed by atoms with Gasteiger partial charge in [-0.1, -0.05) is 45.7 Å². The van der Waals surface area contributed by atoms with Gasteiger partial charge in [0.25, 0.3) is 0 Å². The fourth-order valence-electron chi connectivity index (χ4n) is 1.49. The maximum Gasteiger partial charge on any atom is 0.142 e. The summed E-state index contributed by atoms with van der Waals surface area (Å²) in [6.45, 7) is 0. The number of rotatable bonds is 2. The van der Waals surface area contributed by atoms with Crippen molar-refractivity contribution >= 4 is 39.1 Å². The zero-order valence-corrected chi connectivity index (χ0v) is 11.7. The SMILES string of the molecule is Fc1cc(C(Cl)c2ccc(Br)cc2)ccc1Cl. The van der Waals surface area contributed by atoms with Crippen LogP contribution in [0.5, 0.6) is 0 Å². The molecule has 0 heterocycles. The summed E-state index contributed by atoms with van der Waals surface area (Å²) < 4.78 is 14.3. The van der Waals surface area contributed by atoms with E-state index < -0.39 is 5.82 Å². The lowest BCUT2D eigenvalue weighted by molar-refractivity contribution is 0.626. The lowest BCUT2D eigenvalue weighted by atomic mass is 10.0. The van der Waals surface area contributed by atoms with E-state index in [4.69, 9.17) is 23.2 Å². The van der Waals surface area contributed by atoms with Crippen molar-refractivity contribution < 1.29 is 4.39 Å². The van der Waals surface area contributed by atoms with E-state index in [0.717, 1.165) is 10.0 Å². The third kappa shape index (κ3) is 3.01. The molecule has 0 radical (unpaired) electrons. The van der Waals surface area contributed by atoms with E-state index in [1.54, 1.807) is 6.07 Å². The smallest absolute Gasteiger partial charge is 0.142 e. The average molecular weight is 334 g/mol. The summed E-state index contributed by atoms with van der Waals surface area (Å²) >= 11 is 15.3. The zero-order chi connectivity index (χ0) is 12.4. The minimum Gasteiger partial charge on any atom is -0.205 e. The first-order chi connectivity index (χ1) is 8.08. The maximum atomic E-state index is 13.3. The number of hydrogen-bond donors (Lipinski definition) is 0.